The van der Waals surface area contributed by atoms with Gasteiger partial charge in [0.1, 0.15) is 12.4 Å². The van der Waals surface area contributed by atoms with Crippen LogP contribution in [0.4, 0.5) is 5.82 Å². The van der Waals surface area contributed by atoms with Gasteiger partial charge < -0.3 is 14.8 Å². The Morgan fingerprint density at radius 1 is 1.17 bits per heavy atom. The van der Waals surface area contributed by atoms with Gasteiger partial charge >= 0.3 is 0 Å². The standard InChI is InChI=1S/C13H23N3O2/c1-4-7-14-11-9-13(18-8-5-2)16-12(15-11)10-17-6-3/h9H,4-8,10H2,1-3H3,(H,14,15,16). The normalized spacial score (nSPS) is 10.4. The van der Waals surface area contributed by atoms with Crippen LogP contribution in [-0.2, 0) is 11.3 Å². The number of nitrogens with one attached hydrogen (secondary N) is 1. The first-order valence-corrected chi connectivity index (χ1v) is 6.62. The van der Waals surface area contributed by atoms with Crippen molar-refractivity contribution < 1.29 is 9.47 Å². The molecule has 0 aromatic carbocycles. The Hall–Kier alpha value is -1.36. The molecule has 0 atom stereocenters. The van der Waals surface area contributed by atoms with Gasteiger partial charge in [0, 0.05) is 19.2 Å². The van der Waals surface area contributed by atoms with Gasteiger partial charge in [0.15, 0.2) is 5.82 Å². The lowest BCUT2D eigenvalue weighted by molar-refractivity contribution is 0.127. The molecule has 0 unspecified atom stereocenters. The van der Waals surface area contributed by atoms with E-state index >= 15 is 0 Å². The molecule has 1 rings (SSSR count). The van der Waals surface area contributed by atoms with E-state index in [1.165, 1.54) is 0 Å². The highest BCUT2D eigenvalue weighted by Crippen LogP contribution is 2.14. The lowest BCUT2D eigenvalue weighted by atomic mass is 10.4. The van der Waals surface area contributed by atoms with Crippen molar-refractivity contribution in [1.29, 1.82) is 0 Å². The van der Waals surface area contributed by atoms with Crippen LogP contribution in [0.2, 0.25) is 0 Å². The molecule has 0 fully saturated rings. The topological polar surface area (TPSA) is 56.3 Å². The SMILES string of the molecule is CCCNc1cc(OCCC)nc(COCC)n1. The van der Waals surface area contributed by atoms with Crippen molar-refractivity contribution in [2.24, 2.45) is 0 Å². The van der Waals surface area contributed by atoms with E-state index in [0.717, 1.165) is 25.2 Å². The molecule has 102 valence electrons. The minimum absolute atomic E-state index is 0.417. The molecule has 5 heteroatoms. The van der Waals surface area contributed by atoms with Crippen molar-refractivity contribution in [3.05, 3.63) is 11.9 Å². The maximum Gasteiger partial charge on any atom is 0.218 e. The first-order valence-electron chi connectivity index (χ1n) is 6.62. The second-order valence-electron chi connectivity index (χ2n) is 3.92. The quantitative estimate of drug-likeness (QED) is 0.733. The van der Waals surface area contributed by atoms with E-state index in [9.17, 15) is 0 Å². The van der Waals surface area contributed by atoms with Crippen LogP contribution in [0.5, 0.6) is 5.88 Å². The molecular formula is C13H23N3O2. The minimum Gasteiger partial charge on any atom is -0.478 e. The maximum atomic E-state index is 5.55. The molecule has 0 aliphatic carbocycles. The summed E-state index contributed by atoms with van der Waals surface area (Å²) in [5.41, 5.74) is 0. The highest BCUT2D eigenvalue weighted by molar-refractivity contribution is 5.38. The first-order chi connectivity index (χ1) is 8.80. The summed E-state index contributed by atoms with van der Waals surface area (Å²) in [5.74, 6) is 2.07. The Bertz CT molecular complexity index is 280. The van der Waals surface area contributed by atoms with Crippen LogP contribution in [0.1, 0.15) is 39.4 Å². The Balaban J connectivity index is 2.74. The zero-order chi connectivity index (χ0) is 13.2. The second-order valence-corrected chi connectivity index (χ2v) is 3.92. The summed E-state index contributed by atoms with van der Waals surface area (Å²) in [6.45, 7) is 8.76. The minimum atomic E-state index is 0.417. The fourth-order valence-corrected chi connectivity index (χ4v) is 1.35. The van der Waals surface area contributed by atoms with Gasteiger partial charge in [0.25, 0.3) is 0 Å². The predicted octanol–water partition coefficient (Wildman–Crippen LogP) is 2.62. The van der Waals surface area contributed by atoms with Crippen molar-refractivity contribution in [3.8, 4) is 5.88 Å². The highest BCUT2D eigenvalue weighted by Gasteiger charge is 2.05. The number of hydrogen-bond acceptors (Lipinski definition) is 5. The summed E-state index contributed by atoms with van der Waals surface area (Å²) in [5, 5.41) is 3.24. The summed E-state index contributed by atoms with van der Waals surface area (Å²) in [7, 11) is 0. The summed E-state index contributed by atoms with van der Waals surface area (Å²) < 4.78 is 10.9. The van der Waals surface area contributed by atoms with Crippen molar-refractivity contribution in [2.45, 2.75) is 40.2 Å². The van der Waals surface area contributed by atoms with Crippen molar-refractivity contribution >= 4 is 5.82 Å². The molecule has 18 heavy (non-hydrogen) atoms. The number of anilines is 1. The van der Waals surface area contributed by atoms with Gasteiger partial charge in [-0.3, -0.25) is 0 Å². The van der Waals surface area contributed by atoms with Gasteiger partial charge in [-0.25, -0.2) is 4.98 Å². The molecule has 0 amide bonds. The summed E-state index contributed by atoms with van der Waals surface area (Å²) in [6, 6.07) is 1.83. The van der Waals surface area contributed by atoms with E-state index in [1.807, 2.05) is 13.0 Å². The molecule has 1 aromatic rings. The van der Waals surface area contributed by atoms with E-state index in [4.69, 9.17) is 9.47 Å². The van der Waals surface area contributed by atoms with Crippen LogP contribution in [0.25, 0.3) is 0 Å². The molecule has 0 saturated carbocycles. The van der Waals surface area contributed by atoms with E-state index in [2.05, 4.69) is 29.1 Å². The maximum absolute atomic E-state index is 5.55. The smallest absolute Gasteiger partial charge is 0.218 e. The molecule has 1 N–H and O–H groups in total. The lowest BCUT2D eigenvalue weighted by Gasteiger charge is -2.10. The van der Waals surface area contributed by atoms with Gasteiger partial charge in [-0.2, -0.15) is 4.98 Å². The Morgan fingerprint density at radius 2 is 2.00 bits per heavy atom. The van der Waals surface area contributed by atoms with Crippen LogP contribution in [-0.4, -0.2) is 29.7 Å². The van der Waals surface area contributed by atoms with Crippen molar-refractivity contribution in [2.75, 3.05) is 25.1 Å². The average Bonchev–Trinajstić information content (AvgIpc) is 2.40. The zero-order valence-corrected chi connectivity index (χ0v) is 11.5. The third-order valence-electron chi connectivity index (χ3n) is 2.19. The Morgan fingerprint density at radius 3 is 2.67 bits per heavy atom. The third kappa shape index (κ3) is 5.31. The van der Waals surface area contributed by atoms with Crippen molar-refractivity contribution in [3.63, 3.8) is 0 Å². The second kappa shape index (κ2) is 8.69. The van der Waals surface area contributed by atoms with Gasteiger partial charge in [0.2, 0.25) is 5.88 Å². The molecule has 0 aliphatic heterocycles. The van der Waals surface area contributed by atoms with Crippen LogP contribution in [0, 0.1) is 0 Å². The number of aromatic nitrogens is 2. The number of hydrogen-bond donors (Lipinski definition) is 1. The monoisotopic (exact) mass is 253 g/mol. The fourth-order valence-electron chi connectivity index (χ4n) is 1.35. The molecule has 0 aliphatic rings. The zero-order valence-electron chi connectivity index (χ0n) is 11.5. The molecule has 0 spiro atoms. The van der Waals surface area contributed by atoms with E-state index in [-0.39, 0.29) is 0 Å². The number of rotatable bonds is 9. The highest BCUT2D eigenvalue weighted by atomic mass is 16.5. The molecule has 0 radical (unpaired) electrons. The van der Waals surface area contributed by atoms with E-state index in [1.54, 1.807) is 0 Å². The molecular weight excluding hydrogens is 230 g/mol. The summed E-state index contributed by atoms with van der Waals surface area (Å²) >= 11 is 0. The van der Waals surface area contributed by atoms with E-state index < -0.39 is 0 Å². The van der Waals surface area contributed by atoms with Crippen LogP contribution in [0.3, 0.4) is 0 Å². The van der Waals surface area contributed by atoms with Crippen LogP contribution in [0.15, 0.2) is 6.07 Å². The lowest BCUT2D eigenvalue weighted by Crippen LogP contribution is -2.08. The predicted molar refractivity (Wildman–Crippen MR) is 71.9 cm³/mol. The molecule has 5 nitrogen and oxygen atoms in total. The average molecular weight is 253 g/mol. The van der Waals surface area contributed by atoms with Gasteiger partial charge in [0.05, 0.1) is 6.61 Å². The molecule has 0 bridgehead atoms. The number of ether oxygens (including phenoxy) is 2. The number of nitrogens with zero attached hydrogens (tertiary/aromatic N) is 2. The van der Waals surface area contributed by atoms with Crippen LogP contribution >= 0.6 is 0 Å². The summed E-state index contributed by atoms with van der Waals surface area (Å²) in [4.78, 5) is 8.71. The van der Waals surface area contributed by atoms with Crippen LogP contribution < -0.4 is 10.1 Å². The molecule has 0 saturated heterocycles. The largest absolute Gasteiger partial charge is 0.478 e. The first kappa shape index (κ1) is 14.7. The summed E-state index contributed by atoms with van der Waals surface area (Å²) in [6.07, 6.45) is 2.01. The van der Waals surface area contributed by atoms with Gasteiger partial charge in [-0.05, 0) is 19.8 Å². The van der Waals surface area contributed by atoms with E-state index in [0.29, 0.717) is 31.5 Å². The Labute approximate surface area is 109 Å². The Kier molecular flexibility index (Phi) is 7.10. The van der Waals surface area contributed by atoms with Gasteiger partial charge in [-0.1, -0.05) is 13.8 Å². The third-order valence-corrected chi connectivity index (χ3v) is 2.19. The molecule has 1 heterocycles. The fraction of sp³-hybridized carbons (Fsp3) is 0.692. The molecule has 1 aromatic heterocycles. The van der Waals surface area contributed by atoms with Crippen molar-refractivity contribution in [1.82, 2.24) is 9.97 Å². The van der Waals surface area contributed by atoms with Gasteiger partial charge in [-0.15, -0.1) is 0 Å².